The Labute approximate surface area is 121 Å². The van der Waals surface area contributed by atoms with E-state index in [4.69, 9.17) is 0 Å². The van der Waals surface area contributed by atoms with Gasteiger partial charge in [0.25, 0.3) is 0 Å². The van der Waals surface area contributed by atoms with E-state index in [-0.39, 0.29) is 4.90 Å². The Morgan fingerprint density at radius 2 is 1.71 bits per heavy atom. The van der Waals surface area contributed by atoms with E-state index in [1.165, 1.54) is 10.4 Å². The SMILES string of the molecule is O=S(=O)(c1cccc(C(F)(F)F)c1)N1CC2CCCC2C1. The molecule has 2 aliphatic rings. The van der Waals surface area contributed by atoms with Gasteiger partial charge in [-0.25, -0.2) is 8.42 Å². The molecule has 1 aromatic rings. The van der Waals surface area contributed by atoms with Crippen molar-refractivity contribution in [3.05, 3.63) is 29.8 Å². The predicted octanol–water partition coefficient (Wildman–Crippen LogP) is 3.13. The maximum atomic E-state index is 12.7. The lowest BCUT2D eigenvalue weighted by atomic mass is 10.0. The molecule has 7 heteroatoms. The molecular formula is C14H16F3NO2S. The van der Waals surface area contributed by atoms with Gasteiger partial charge in [-0.3, -0.25) is 0 Å². The van der Waals surface area contributed by atoms with Crippen LogP contribution >= 0.6 is 0 Å². The largest absolute Gasteiger partial charge is 0.416 e. The molecule has 2 unspecified atom stereocenters. The van der Waals surface area contributed by atoms with Crippen LogP contribution in [-0.4, -0.2) is 25.8 Å². The zero-order valence-corrected chi connectivity index (χ0v) is 12.1. The summed E-state index contributed by atoms with van der Waals surface area (Å²) in [4.78, 5) is -0.266. The van der Waals surface area contributed by atoms with Crippen LogP contribution in [0.4, 0.5) is 13.2 Å². The normalized spacial score (nSPS) is 27.0. The molecule has 1 aliphatic heterocycles. The molecule has 0 spiro atoms. The highest BCUT2D eigenvalue weighted by Gasteiger charge is 2.42. The van der Waals surface area contributed by atoms with Crippen LogP contribution < -0.4 is 0 Å². The standard InChI is InChI=1S/C14H16F3NO2S/c15-14(16,17)12-5-2-6-13(7-12)21(19,20)18-8-10-3-1-4-11(10)9-18/h2,5-7,10-11H,1,3-4,8-9H2. The Bertz CT molecular complexity index is 630. The fourth-order valence-corrected chi connectivity index (χ4v) is 4.97. The summed E-state index contributed by atoms with van der Waals surface area (Å²) >= 11 is 0. The van der Waals surface area contributed by atoms with Gasteiger partial charge in [0.05, 0.1) is 10.5 Å². The maximum absolute atomic E-state index is 12.7. The topological polar surface area (TPSA) is 37.4 Å². The van der Waals surface area contributed by atoms with Crippen LogP contribution in [0.5, 0.6) is 0 Å². The summed E-state index contributed by atoms with van der Waals surface area (Å²) in [6.07, 6.45) is -1.39. The molecule has 0 N–H and O–H groups in total. The number of fused-ring (bicyclic) bond motifs is 1. The second-order valence-corrected chi connectivity index (χ2v) is 7.74. The van der Waals surface area contributed by atoms with Gasteiger partial charge in [0.2, 0.25) is 10.0 Å². The van der Waals surface area contributed by atoms with Crippen molar-refractivity contribution in [2.24, 2.45) is 11.8 Å². The minimum Gasteiger partial charge on any atom is -0.207 e. The minimum absolute atomic E-state index is 0.266. The first-order valence-electron chi connectivity index (χ1n) is 6.96. The minimum atomic E-state index is -4.53. The van der Waals surface area contributed by atoms with Gasteiger partial charge >= 0.3 is 6.18 Å². The number of hydrogen-bond acceptors (Lipinski definition) is 2. The fourth-order valence-electron chi connectivity index (χ4n) is 3.37. The van der Waals surface area contributed by atoms with Crippen molar-refractivity contribution in [2.45, 2.75) is 30.3 Å². The van der Waals surface area contributed by atoms with Crippen molar-refractivity contribution in [1.82, 2.24) is 4.31 Å². The van der Waals surface area contributed by atoms with Crippen LogP contribution in [0.15, 0.2) is 29.2 Å². The average Bonchev–Trinajstić information content (AvgIpc) is 2.98. The maximum Gasteiger partial charge on any atom is 0.416 e. The Morgan fingerprint density at radius 3 is 2.29 bits per heavy atom. The average molecular weight is 319 g/mol. The Hall–Kier alpha value is -1.08. The van der Waals surface area contributed by atoms with Gasteiger partial charge in [0.15, 0.2) is 0 Å². The van der Waals surface area contributed by atoms with E-state index < -0.39 is 21.8 Å². The smallest absolute Gasteiger partial charge is 0.207 e. The Balaban J connectivity index is 1.89. The van der Waals surface area contributed by atoms with Crippen LogP contribution in [0.1, 0.15) is 24.8 Å². The molecule has 0 aromatic heterocycles. The summed E-state index contributed by atoms with van der Waals surface area (Å²) in [7, 11) is -3.83. The number of halogens is 3. The number of benzene rings is 1. The highest BCUT2D eigenvalue weighted by atomic mass is 32.2. The van der Waals surface area contributed by atoms with Gasteiger partial charge in [-0.2, -0.15) is 17.5 Å². The fraction of sp³-hybridized carbons (Fsp3) is 0.571. The quantitative estimate of drug-likeness (QED) is 0.840. The van der Waals surface area contributed by atoms with Gasteiger partial charge in [-0.15, -0.1) is 0 Å². The summed E-state index contributed by atoms with van der Waals surface area (Å²) < 4.78 is 64.5. The van der Waals surface area contributed by atoms with Crippen molar-refractivity contribution < 1.29 is 21.6 Å². The number of nitrogens with zero attached hydrogens (tertiary/aromatic N) is 1. The van der Waals surface area contributed by atoms with Crippen molar-refractivity contribution in [2.75, 3.05) is 13.1 Å². The third kappa shape index (κ3) is 2.68. The second-order valence-electron chi connectivity index (χ2n) is 5.80. The van der Waals surface area contributed by atoms with Crippen LogP contribution in [0.2, 0.25) is 0 Å². The molecule has 2 fully saturated rings. The molecule has 1 saturated carbocycles. The molecule has 1 saturated heterocycles. The van der Waals surface area contributed by atoms with Crippen LogP contribution in [0, 0.1) is 11.8 Å². The lowest BCUT2D eigenvalue weighted by Crippen LogP contribution is -2.29. The van der Waals surface area contributed by atoms with E-state index in [1.54, 1.807) is 0 Å². The van der Waals surface area contributed by atoms with E-state index >= 15 is 0 Å². The molecular weight excluding hydrogens is 303 g/mol. The third-order valence-electron chi connectivity index (χ3n) is 4.49. The number of rotatable bonds is 2. The summed E-state index contributed by atoms with van der Waals surface area (Å²) in [5, 5.41) is 0. The first-order chi connectivity index (χ1) is 9.78. The van der Waals surface area contributed by atoms with Crippen molar-refractivity contribution in [3.8, 4) is 0 Å². The van der Waals surface area contributed by atoms with Crippen LogP contribution in [0.25, 0.3) is 0 Å². The predicted molar refractivity (Wildman–Crippen MR) is 71.0 cm³/mol. The molecule has 3 rings (SSSR count). The first kappa shape index (κ1) is 14.8. The van der Waals surface area contributed by atoms with Crippen LogP contribution in [-0.2, 0) is 16.2 Å². The molecule has 21 heavy (non-hydrogen) atoms. The lowest BCUT2D eigenvalue weighted by molar-refractivity contribution is -0.137. The Morgan fingerprint density at radius 1 is 1.10 bits per heavy atom. The van der Waals surface area contributed by atoms with E-state index in [1.807, 2.05) is 0 Å². The van der Waals surface area contributed by atoms with Crippen molar-refractivity contribution in [3.63, 3.8) is 0 Å². The third-order valence-corrected chi connectivity index (χ3v) is 6.32. The summed E-state index contributed by atoms with van der Waals surface area (Å²) in [5.41, 5.74) is -0.928. The van der Waals surface area contributed by atoms with E-state index in [0.717, 1.165) is 37.5 Å². The number of sulfonamides is 1. The molecule has 0 amide bonds. The molecule has 1 aliphatic carbocycles. The zero-order valence-electron chi connectivity index (χ0n) is 11.3. The molecule has 116 valence electrons. The van der Waals surface area contributed by atoms with Crippen LogP contribution in [0.3, 0.4) is 0 Å². The first-order valence-corrected chi connectivity index (χ1v) is 8.40. The molecule has 1 aromatic carbocycles. The Kier molecular flexibility index (Phi) is 3.52. The van der Waals surface area contributed by atoms with Gasteiger partial charge in [0.1, 0.15) is 0 Å². The monoisotopic (exact) mass is 319 g/mol. The van der Waals surface area contributed by atoms with Gasteiger partial charge < -0.3 is 0 Å². The van der Waals surface area contributed by atoms with Gasteiger partial charge in [-0.1, -0.05) is 12.5 Å². The van der Waals surface area contributed by atoms with E-state index in [0.29, 0.717) is 24.9 Å². The second kappa shape index (κ2) is 4.98. The summed E-state index contributed by atoms with van der Waals surface area (Å²) in [5.74, 6) is 0.733. The number of alkyl halides is 3. The van der Waals surface area contributed by atoms with Gasteiger partial charge in [-0.05, 0) is 42.9 Å². The van der Waals surface area contributed by atoms with Gasteiger partial charge in [0, 0.05) is 13.1 Å². The molecule has 1 heterocycles. The highest BCUT2D eigenvalue weighted by molar-refractivity contribution is 7.89. The summed E-state index contributed by atoms with van der Waals surface area (Å²) in [6.45, 7) is 0.868. The zero-order chi connectivity index (χ0) is 15.3. The van der Waals surface area contributed by atoms with Crippen molar-refractivity contribution >= 4 is 10.0 Å². The lowest BCUT2D eigenvalue weighted by Gasteiger charge is -2.18. The van der Waals surface area contributed by atoms with E-state index in [2.05, 4.69) is 0 Å². The molecule has 0 radical (unpaired) electrons. The molecule has 3 nitrogen and oxygen atoms in total. The van der Waals surface area contributed by atoms with Crippen molar-refractivity contribution in [1.29, 1.82) is 0 Å². The van der Waals surface area contributed by atoms with E-state index in [9.17, 15) is 21.6 Å². The molecule has 2 atom stereocenters. The highest BCUT2D eigenvalue weighted by Crippen LogP contribution is 2.40. The summed E-state index contributed by atoms with van der Waals surface area (Å²) in [6, 6.07) is 3.99. The number of hydrogen-bond donors (Lipinski definition) is 0. The molecule has 0 bridgehead atoms.